The largest absolute Gasteiger partial charge is 0.493 e. The highest BCUT2D eigenvalue weighted by Gasteiger charge is 2.10. The van der Waals surface area contributed by atoms with Crippen LogP contribution in [-0.4, -0.2) is 26.1 Å². The Balaban J connectivity index is 1.58. The van der Waals surface area contributed by atoms with Crippen molar-refractivity contribution in [1.82, 2.24) is 0 Å². The number of amides is 1. The molecule has 0 radical (unpaired) electrons. The molecule has 0 fully saturated rings. The summed E-state index contributed by atoms with van der Waals surface area (Å²) in [6, 6.07) is 18.1. The summed E-state index contributed by atoms with van der Waals surface area (Å²) in [7, 11) is 3.00. The zero-order chi connectivity index (χ0) is 22.2. The predicted octanol–water partition coefficient (Wildman–Crippen LogP) is 5.57. The van der Waals surface area contributed by atoms with Gasteiger partial charge in [0.1, 0.15) is 0 Å². The molecular weight excluding hydrogens is 466 g/mol. The second kappa shape index (κ2) is 10.4. The second-order valence-corrected chi connectivity index (χ2v) is 7.04. The molecule has 3 rings (SSSR count). The third-order valence-electron chi connectivity index (χ3n) is 4.10. The molecule has 0 atom stereocenters. The molecule has 0 spiro atoms. The first-order valence-corrected chi connectivity index (χ1v) is 9.80. The Morgan fingerprint density at radius 3 is 2.13 bits per heavy atom. The summed E-state index contributed by atoms with van der Waals surface area (Å²) in [5, 5.41) is 7.66. The van der Waals surface area contributed by atoms with E-state index in [9.17, 15) is 9.59 Å². The van der Waals surface area contributed by atoms with Crippen LogP contribution in [0.3, 0.4) is 0 Å². The van der Waals surface area contributed by atoms with Crippen molar-refractivity contribution in [3.05, 3.63) is 82.3 Å². The summed E-state index contributed by atoms with van der Waals surface area (Å²) in [5.74, 6) is -0.0973. The van der Waals surface area contributed by atoms with E-state index in [4.69, 9.17) is 14.3 Å². The molecule has 0 heterocycles. The Morgan fingerprint density at radius 1 is 0.839 bits per heavy atom. The minimum absolute atomic E-state index is 0.319. The average molecular weight is 484 g/mol. The Labute approximate surface area is 186 Å². The fourth-order valence-electron chi connectivity index (χ4n) is 2.48. The van der Waals surface area contributed by atoms with Crippen LogP contribution in [0.25, 0.3) is 0 Å². The van der Waals surface area contributed by atoms with Gasteiger partial charge < -0.3 is 14.3 Å². The lowest BCUT2D eigenvalue weighted by Crippen LogP contribution is -2.10. The SMILES string of the molecule is COc1ccc(C(=O)N=Nc2ccc(NOC(=O)c3ccc(Br)cc3)cc2)cc1OC. The van der Waals surface area contributed by atoms with Gasteiger partial charge in [-0.1, -0.05) is 15.9 Å². The van der Waals surface area contributed by atoms with Crippen molar-refractivity contribution in [3.8, 4) is 11.5 Å². The molecule has 3 aromatic carbocycles. The van der Waals surface area contributed by atoms with Gasteiger partial charge in [0.25, 0.3) is 5.91 Å². The molecule has 158 valence electrons. The fourth-order valence-corrected chi connectivity index (χ4v) is 2.74. The monoisotopic (exact) mass is 483 g/mol. The molecule has 3 aromatic rings. The highest BCUT2D eigenvalue weighted by atomic mass is 79.9. The highest BCUT2D eigenvalue weighted by Crippen LogP contribution is 2.28. The maximum absolute atomic E-state index is 12.3. The maximum atomic E-state index is 12.3. The molecule has 8 nitrogen and oxygen atoms in total. The number of hydrogen-bond acceptors (Lipinski definition) is 7. The van der Waals surface area contributed by atoms with Crippen molar-refractivity contribution >= 4 is 39.2 Å². The lowest BCUT2D eigenvalue weighted by molar-refractivity contribution is 0.0596. The van der Waals surface area contributed by atoms with E-state index >= 15 is 0 Å². The third kappa shape index (κ3) is 5.89. The molecule has 9 heteroatoms. The van der Waals surface area contributed by atoms with Crippen LogP contribution in [0.5, 0.6) is 11.5 Å². The normalized spacial score (nSPS) is 10.5. The van der Waals surface area contributed by atoms with E-state index in [-0.39, 0.29) is 0 Å². The van der Waals surface area contributed by atoms with E-state index in [0.29, 0.717) is 34.0 Å². The van der Waals surface area contributed by atoms with E-state index in [0.717, 1.165) is 4.47 Å². The van der Waals surface area contributed by atoms with Crippen molar-refractivity contribution in [1.29, 1.82) is 0 Å². The summed E-state index contributed by atoms with van der Waals surface area (Å²) in [6.45, 7) is 0. The van der Waals surface area contributed by atoms with Gasteiger partial charge in [-0.3, -0.25) is 4.79 Å². The average Bonchev–Trinajstić information content (AvgIpc) is 2.81. The Hall–Kier alpha value is -3.72. The van der Waals surface area contributed by atoms with Crippen molar-refractivity contribution in [2.24, 2.45) is 10.2 Å². The van der Waals surface area contributed by atoms with Crippen molar-refractivity contribution in [2.75, 3.05) is 19.7 Å². The summed E-state index contributed by atoms with van der Waals surface area (Å²) in [5.41, 5.74) is 4.30. The Morgan fingerprint density at radius 2 is 1.48 bits per heavy atom. The Bertz CT molecular complexity index is 1100. The van der Waals surface area contributed by atoms with Crippen LogP contribution < -0.4 is 15.0 Å². The van der Waals surface area contributed by atoms with Gasteiger partial charge in [-0.15, -0.1) is 10.2 Å². The predicted molar refractivity (Wildman–Crippen MR) is 118 cm³/mol. The van der Waals surface area contributed by atoms with Crippen LogP contribution in [0, 0.1) is 0 Å². The molecule has 1 amide bonds. The molecule has 1 N–H and O–H groups in total. The standard InChI is InChI=1S/C22H18BrN3O5/c1-29-19-12-5-15(13-20(19)30-2)21(27)25-24-17-8-10-18(11-9-17)26-31-22(28)14-3-6-16(23)7-4-14/h3-13,26H,1-2H3. The van der Waals surface area contributed by atoms with Crippen molar-refractivity contribution < 1.29 is 23.9 Å². The van der Waals surface area contributed by atoms with E-state index in [1.54, 1.807) is 60.7 Å². The number of nitrogens with zero attached hydrogens (tertiary/aromatic N) is 2. The number of carbonyl (C=O) groups is 2. The number of ether oxygens (including phenoxy) is 2. The van der Waals surface area contributed by atoms with Crippen LogP contribution in [-0.2, 0) is 4.84 Å². The van der Waals surface area contributed by atoms with Crippen LogP contribution >= 0.6 is 15.9 Å². The lowest BCUT2D eigenvalue weighted by atomic mass is 10.2. The molecule has 0 aliphatic rings. The third-order valence-corrected chi connectivity index (χ3v) is 4.62. The fraction of sp³-hybridized carbons (Fsp3) is 0.0909. The first-order chi connectivity index (χ1) is 15.0. The number of nitrogens with one attached hydrogen (secondary N) is 1. The van der Waals surface area contributed by atoms with Crippen LogP contribution in [0.2, 0.25) is 0 Å². The summed E-state index contributed by atoms with van der Waals surface area (Å²) in [4.78, 5) is 29.3. The molecule has 0 aromatic heterocycles. The molecule has 0 bridgehead atoms. The van der Waals surface area contributed by atoms with E-state index in [1.807, 2.05) is 0 Å². The molecule has 0 saturated carbocycles. The lowest BCUT2D eigenvalue weighted by Gasteiger charge is -2.07. The zero-order valence-corrected chi connectivity index (χ0v) is 18.3. The van der Waals surface area contributed by atoms with Gasteiger partial charge in [0, 0.05) is 10.0 Å². The summed E-state index contributed by atoms with van der Waals surface area (Å²) < 4.78 is 11.2. The zero-order valence-electron chi connectivity index (χ0n) is 16.7. The number of methoxy groups -OCH3 is 2. The van der Waals surface area contributed by atoms with Crippen LogP contribution in [0.4, 0.5) is 11.4 Å². The maximum Gasteiger partial charge on any atom is 0.362 e. The van der Waals surface area contributed by atoms with E-state index in [2.05, 4.69) is 31.6 Å². The second-order valence-electron chi connectivity index (χ2n) is 6.12. The Kier molecular flexibility index (Phi) is 7.34. The van der Waals surface area contributed by atoms with Crippen LogP contribution in [0.1, 0.15) is 20.7 Å². The van der Waals surface area contributed by atoms with Gasteiger partial charge in [-0.25, -0.2) is 10.3 Å². The highest BCUT2D eigenvalue weighted by molar-refractivity contribution is 9.10. The van der Waals surface area contributed by atoms with E-state index in [1.165, 1.54) is 20.3 Å². The molecule has 0 unspecified atom stereocenters. The van der Waals surface area contributed by atoms with Gasteiger partial charge in [0.05, 0.1) is 31.2 Å². The number of rotatable bonds is 7. The van der Waals surface area contributed by atoms with E-state index < -0.39 is 11.9 Å². The van der Waals surface area contributed by atoms with Gasteiger partial charge in [0.15, 0.2) is 11.5 Å². The number of hydrogen-bond donors (Lipinski definition) is 1. The number of azo groups is 1. The molecule has 31 heavy (non-hydrogen) atoms. The molecular formula is C22H18BrN3O5. The van der Waals surface area contributed by atoms with Gasteiger partial charge >= 0.3 is 5.97 Å². The molecule has 0 aliphatic carbocycles. The van der Waals surface area contributed by atoms with Gasteiger partial charge in [-0.2, -0.15) is 0 Å². The number of halogens is 1. The minimum Gasteiger partial charge on any atom is -0.493 e. The first kappa shape index (κ1) is 22.0. The van der Waals surface area contributed by atoms with Crippen LogP contribution in [0.15, 0.2) is 81.4 Å². The smallest absolute Gasteiger partial charge is 0.362 e. The quantitative estimate of drug-likeness (QED) is 0.348. The van der Waals surface area contributed by atoms with Gasteiger partial charge in [-0.05, 0) is 66.7 Å². The molecule has 0 aliphatic heterocycles. The molecule has 0 saturated heterocycles. The van der Waals surface area contributed by atoms with Crippen molar-refractivity contribution in [2.45, 2.75) is 0 Å². The first-order valence-electron chi connectivity index (χ1n) is 9.01. The number of anilines is 1. The summed E-state index contributed by atoms with van der Waals surface area (Å²) >= 11 is 3.31. The number of carbonyl (C=O) groups excluding carboxylic acids is 2. The summed E-state index contributed by atoms with van der Waals surface area (Å²) in [6.07, 6.45) is 0. The topological polar surface area (TPSA) is 98.6 Å². The van der Waals surface area contributed by atoms with Gasteiger partial charge in [0.2, 0.25) is 0 Å². The number of benzene rings is 3. The van der Waals surface area contributed by atoms with Crippen molar-refractivity contribution in [3.63, 3.8) is 0 Å². The minimum atomic E-state index is -0.522.